The predicted octanol–water partition coefficient (Wildman–Crippen LogP) is 3.63. The Morgan fingerprint density at radius 1 is 1.44 bits per heavy atom. The van der Waals surface area contributed by atoms with E-state index in [1.807, 2.05) is 6.20 Å². The second kappa shape index (κ2) is 6.82. The van der Waals surface area contributed by atoms with Crippen molar-refractivity contribution in [1.29, 1.82) is 0 Å². The zero-order valence-electron chi connectivity index (χ0n) is 10.6. The number of unbranched alkanes of at least 4 members (excludes halogenated alkanes) is 1. The lowest BCUT2D eigenvalue weighted by molar-refractivity contribution is 0.184. The molecule has 98 valence electrons. The summed E-state index contributed by atoms with van der Waals surface area (Å²) in [5.74, 6) is 0. The number of rotatable bonds is 7. The Hall–Kier alpha value is -0.980. The van der Waals surface area contributed by atoms with Crippen molar-refractivity contribution < 1.29 is 4.74 Å². The Balaban J connectivity index is 1.99. The van der Waals surface area contributed by atoms with Crippen LogP contribution in [0.5, 0.6) is 0 Å². The number of aromatic nitrogens is 2. The molecular formula is C12H17N3OS2. The van der Waals surface area contributed by atoms with Crippen LogP contribution in [0.3, 0.4) is 0 Å². The van der Waals surface area contributed by atoms with Crippen molar-refractivity contribution >= 4 is 27.8 Å². The van der Waals surface area contributed by atoms with Crippen LogP contribution in [0.1, 0.15) is 24.8 Å². The molecule has 0 fully saturated rings. The SMILES string of the molecule is CCCCNc1nc(-c2cnc(COC)s2)cs1. The minimum atomic E-state index is 0.566. The van der Waals surface area contributed by atoms with E-state index in [1.165, 1.54) is 12.8 Å². The van der Waals surface area contributed by atoms with Crippen LogP contribution in [0, 0.1) is 0 Å². The fourth-order valence-corrected chi connectivity index (χ4v) is 3.12. The Bertz CT molecular complexity index is 481. The maximum Gasteiger partial charge on any atom is 0.183 e. The van der Waals surface area contributed by atoms with Gasteiger partial charge in [-0.3, -0.25) is 0 Å². The van der Waals surface area contributed by atoms with E-state index in [2.05, 4.69) is 27.6 Å². The zero-order chi connectivity index (χ0) is 12.8. The number of nitrogens with one attached hydrogen (secondary N) is 1. The summed E-state index contributed by atoms with van der Waals surface area (Å²) in [6.07, 6.45) is 4.23. The molecular weight excluding hydrogens is 266 g/mol. The Morgan fingerprint density at radius 3 is 3.11 bits per heavy atom. The molecule has 0 amide bonds. The molecule has 0 saturated carbocycles. The first-order valence-electron chi connectivity index (χ1n) is 5.97. The van der Waals surface area contributed by atoms with Gasteiger partial charge in [0.05, 0.1) is 17.2 Å². The van der Waals surface area contributed by atoms with Gasteiger partial charge in [0.15, 0.2) is 5.13 Å². The normalized spacial score (nSPS) is 10.8. The molecule has 18 heavy (non-hydrogen) atoms. The van der Waals surface area contributed by atoms with Crippen LogP contribution in [-0.2, 0) is 11.3 Å². The lowest BCUT2D eigenvalue weighted by atomic mass is 10.3. The second-order valence-corrected chi connectivity index (χ2v) is 5.84. The molecule has 0 aromatic carbocycles. The fourth-order valence-electron chi connectivity index (χ4n) is 1.46. The fraction of sp³-hybridized carbons (Fsp3) is 0.500. The number of methoxy groups -OCH3 is 1. The van der Waals surface area contributed by atoms with Crippen LogP contribution in [0.2, 0.25) is 0 Å². The van der Waals surface area contributed by atoms with Crippen molar-refractivity contribution in [3.63, 3.8) is 0 Å². The number of hydrogen-bond donors (Lipinski definition) is 1. The van der Waals surface area contributed by atoms with Crippen LogP contribution in [0.25, 0.3) is 10.6 Å². The molecule has 2 rings (SSSR count). The average molecular weight is 283 g/mol. The molecule has 2 heterocycles. The van der Waals surface area contributed by atoms with Gasteiger partial charge >= 0.3 is 0 Å². The molecule has 0 spiro atoms. The number of hydrogen-bond acceptors (Lipinski definition) is 6. The number of thiazole rings is 2. The molecule has 0 bridgehead atoms. The molecule has 2 aromatic rings. The quantitative estimate of drug-likeness (QED) is 0.788. The van der Waals surface area contributed by atoms with E-state index < -0.39 is 0 Å². The Labute approximate surface area is 115 Å². The van der Waals surface area contributed by atoms with Crippen molar-refractivity contribution in [3.05, 3.63) is 16.6 Å². The maximum absolute atomic E-state index is 5.07. The minimum Gasteiger partial charge on any atom is -0.378 e. The summed E-state index contributed by atoms with van der Waals surface area (Å²) in [5.41, 5.74) is 0.999. The molecule has 0 aliphatic carbocycles. The highest BCUT2D eigenvalue weighted by Crippen LogP contribution is 2.29. The van der Waals surface area contributed by atoms with Crippen molar-refractivity contribution in [2.24, 2.45) is 0 Å². The molecule has 0 radical (unpaired) electrons. The molecule has 6 heteroatoms. The first-order chi connectivity index (χ1) is 8.83. The summed E-state index contributed by atoms with van der Waals surface area (Å²) < 4.78 is 5.07. The van der Waals surface area contributed by atoms with Gasteiger partial charge in [-0.25, -0.2) is 9.97 Å². The monoisotopic (exact) mass is 283 g/mol. The largest absolute Gasteiger partial charge is 0.378 e. The van der Waals surface area contributed by atoms with Gasteiger partial charge < -0.3 is 10.1 Å². The number of anilines is 1. The summed E-state index contributed by atoms with van der Waals surface area (Å²) >= 11 is 3.28. The molecule has 0 atom stereocenters. The molecule has 2 aromatic heterocycles. The molecule has 4 nitrogen and oxygen atoms in total. The zero-order valence-corrected chi connectivity index (χ0v) is 12.2. The summed E-state index contributed by atoms with van der Waals surface area (Å²) in [7, 11) is 1.68. The van der Waals surface area contributed by atoms with E-state index in [9.17, 15) is 0 Å². The van der Waals surface area contributed by atoms with E-state index in [4.69, 9.17) is 4.74 Å². The first kappa shape index (κ1) is 13.5. The summed E-state index contributed by atoms with van der Waals surface area (Å²) in [4.78, 5) is 9.97. The highest BCUT2D eigenvalue weighted by molar-refractivity contribution is 7.16. The van der Waals surface area contributed by atoms with Gasteiger partial charge in [-0.2, -0.15) is 0 Å². The van der Waals surface area contributed by atoms with Gasteiger partial charge in [0, 0.05) is 25.2 Å². The summed E-state index contributed by atoms with van der Waals surface area (Å²) in [6.45, 7) is 3.74. The van der Waals surface area contributed by atoms with Crippen LogP contribution >= 0.6 is 22.7 Å². The minimum absolute atomic E-state index is 0.566. The van der Waals surface area contributed by atoms with Crippen molar-refractivity contribution in [2.75, 3.05) is 19.0 Å². The van der Waals surface area contributed by atoms with Gasteiger partial charge in [0.2, 0.25) is 0 Å². The van der Waals surface area contributed by atoms with Crippen molar-refractivity contribution in [3.8, 4) is 10.6 Å². The molecule has 1 N–H and O–H groups in total. The Morgan fingerprint density at radius 2 is 2.33 bits per heavy atom. The third-order valence-electron chi connectivity index (χ3n) is 2.38. The van der Waals surface area contributed by atoms with E-state index in [1.54, 1.807) is 29.8 Å². The number of ether oxygens (including phenoxy) is 1. The molecule has 0 aliphatic heterocycles. The van der Waals surface area contributed by atoms with E-state index in [-0.39, 0.29) is 0 Å². The lowest BCUT2D eigenvalue weighted by Crippen LogP contribution is -1.99. The van der Waals surface area contributed by atoms with Crippen molar-refractivity contribution in [1.82, 2.24) is 9.97 Å². The van der Waals surface area contributed by atoms with Crippen LogP contribution in [0.4, 0.5) is 5.13 Å². The molecule has 0 unspecified atom stereocenters. The average Bonchev–Trinajstić information content (AvgIpc) is 2.98. The predicted molar refractivity (Wildman–Crippen MR) is 77.3 cm³/mol. The third-order valence-corrected chi connectivity index (χ3v) is 4.18. The number of nitrogens with zero attached hydrogens (tertiary/aromatic N) is 2. The standard InChI is InChI=1S/C12H17N3OS2/c1-3-4-5-13-12-15-9(8-17-12)10-6-14-11(18-10)7-16-2/h6,8H,3-5,7H2,1-2H3,(H,13,15). The van der Waals surface area contributed by atoms with E-state index in [0.717, 1.165) is 27.3 Å². The van der Waals surface area contributed by atoms with Crippen LogP contribution in [0.15, 0.2) is 11.6 Å². The molecule has 0 saturated heterocycles. The highest BCUT2D eigenvalue weighted by Gasteiger charge is 2.08. The summed E-state index contributed by atoms with van der Waals surface area (Å²) in [6, 6.07) is 0. The lowest BCUT2D eigenvalue weighted by Gasteiger charge is -1.98. The van der Waals surface area contributed by atoms with Gasteiger partial charge in [-0.05, 0) is 6.42 Å². The molecule has 0 aliphatic rings. The van der Waals surface area contributed by atoms with Gasteiger partial charge in [-0.15, -0.1) is 22.7 Å². The van der Waals surface area contributed by atoms with Gasteiger partial charge in [0.1, 0.15) is 5.01 Å². The maximum atomic E-state index is 5.07. The Kier molecular flexibility index (Phi) is 5.10. The third kappa shape index (κ3) is 3.51. The second-order valence-electron chi connectivity index (χ2n) is 3.87. The van der Waals surface area contributed by atoms with E-state index in [0.29, 0.717) is 6.61 Å². The van der Waals surface area contributed by atoms with Crippen LogP contribution < -0.4 is 5.32 Å². The van der Waals surface area contributed by atoms with Crippen molar-refractivity contribution in [2.45, 2.75) is 26.4 Å². The summed E-state index contributed by atoms with van der Waals surface area (Å²) in [5, 5.41) is 7.38. The van der Waals surface area contributed by atoms with E-state index >= 15 is 0 Å². The highest BCUT2D eigenvalue weighted by atomic mass is 32.1. The topological polar surface area (TPSA) is 47.0 Å². The smallest absolute Gasteiger partial charge is 0.183 e. The first-order valence-corrected chi connectivity index (χ1v) is 7.66. The van der Waals surface area contributed by atoms with Crippen LogP contribution in [-0.4, -0.2) is 23.6 Å². The van der Waals surface area contributed by atoms with Gasteiger partial charge in [0.25, 0.3) is 0 Å². The van der Waals surface area contributed by atoms with Gasteiger partial charge in [-0.1, -0.05) is 13.3 Å².